The van der Waals surface area contributed by atoms with Crippen LogP contribution in [0.15, 0.2) is 23.6 Å². The average molecular weight is 237 g/mol. The summed E-state index contributed by atoms with van der Waals surface area (Å²) in [6.45, 7) is 5.93. The van der Waals surface area contributed by atoms with Gasteiger partial charge in [-0.1, -0.05) is 0 Å². The number of carbonyl (C=O) groups excluding carboxylic acids is 2. The van der Waals surface area contributed by atoms with Crippen LogP contribution in [0.1, 0.15) is 27.2 Å². The maximum absolute atomic E-state index is 11.8. The number of hydrogen-bond acceptors (Lipinski definition) is 4. The second kappa shape index (κ2) is 3.91. The van der Waals surface area contributed by atoms with Gasteiger partial charge in [-0.3, -0.25) is 4.90 Å². The third-order valence-electron chi connectivity index (χ3n) is 2.34. The zero-order chi connectivity index (χ0) is 12.6. The molecular weight excluding hydrogens is 222 g/mol. The van der Waals surface area contributed by atoms with Gasteiger partial charge in [0, 0.05) is 18.2 Å². The lowest BCUT2D eigenvalue weighted by atomic mass is 10.1. The van der Waals surface area contributed by atoms with Crippen molar-refractivity contribution in [1.82, 2.24) is 4.90 Å². The number of carbonyl (C=O) groups is 2. The van der Waals surface area contributed by atoms with E-state index in [1.165, 1.54) is 17.2 Å². The summed E-state index contributed by atoms with van der Waals surface area (Å²) >= 11 is 0. The number of nitrogens with zero attached hydrogens (tertiary/aromatic N) is 1. The fourth-order valence-corrected chi connectivity index (χ4v) is 1.63. The van der Waals surface area contributed by atoms with Crippen LogP contribution < -0.4 is 0 Å². The predicted octanol–water partition coefficient (Wildman–Crippen LogP) is 1.95. The normalized spacial score (nSPS) is 19.2. The fourth-order valence-electron chi connectivity index (χ4n) is 1.63. The standard InChI is InChI=1S/C12H15NO4/c1-12(2,3)17-11(15)13-5-4-8-6-10(14)16-9(8)7-13/h6-7H,4-5H2,1-3H3. The van der Waals surface area contributed by atoms with E-state index < -0.39 is 11.7 Å². The van der Waals surface area contributed by atoms with E-state index in [2.05, 4.69) is 0 Å². The first-order valence-electron chi connectivity index (χ1n) is 5.49. The van der Waals surface area contributed by atoms with E-state index in [4.69, 9.17) is 9.47 Å². The summed E-state index contributed by atoms with van der Waals surface area (Å²) in [5, 5.41) is 0. The molecule has 2 rings (SSSR count). The van der Waals surface area contributed by atoms with E-state index in [-0.39, 0.29) is 5.97 Å². The molecule has 0 unspecified atom stereocenters. The van der Waals surface area contributed by atoms with Gasteiger partial charge in [-0.05, 0) is 27.2 Å². The van der Waals surface area contributed by atoms with Gasteiger partial charge in [0.05, 0.1) is 6.20 Å². The van der Waals surface area contributed by atoms with Crippen LogP contribution in [-0.2, 0) is 14.3 Å². The minimum absolute atomic E-state index is 0.378. The molecule has 0 aromatic carbocycles. The molecule has 0 aliphatic carbocycles. The second-order valence-corrected chi connectivity index (χ2v) is 5.01. The van der Waals surface area contributed by atoms with Crippen molar-refractivity contribution in [2.45, 2.75) is 32.8 Å². The van der Waals surface area contributed by atoms with Crippen molar-refractivity contribution in [3.8, 4) is 0 Å². The number of ether oxygens (including phenoxy) is 2. The molecule has 0 saturated carbocycles. The van der Waals surface area contributed by atoms with Crippen molar-refractivity contribution in [2.24, 2.45) is 0 Å². The SMILES string of the molecule is CC(C)(C)OC(=O)N1C=C2OC(=O)C=C2CC1. The first-order valence-corrected chi connectivity index (χ1v) is 5.49. The molecule has 5 nitrogen and oxygen atoms in total. The lowest BCUT2D eigenvalue weighted by molar-refractivity contribution is -0.132. The van der Waals surface area contributed by atoms with Crippen LogP contribution in [-0.4, -0.2) is 29.1 Å². The summed E-state index contributed by atoms with van der Waals surface area (Å²) in [4.78, 5) is 24.3. The molecule has 2 heterocycles. The van der Waals surface area contributed by atoms with E-state index in [1.54, 1.807) is 0 Å². The smallest absolute Gasteiger partial charge is 0.414 e. The van der Waals surface area contributed by atoms with Gasteiger partial charge in [-0.2, -0.15) is 0 Å². The number of rotatable bonds is 0. The molecule has 0 radical (unpaired) electrons. The van der Waals surface area contributed by atoms with Crippen LogP contribution in [0.5, 0.6) is 0 Å². The third kappa shape index (κ3) is 2.67. The van der Waals surface area contributed by atoms with E-state index in [0.29, 0.717) is 18.7 Å². The monoisotopic (exact) mass is 237 g/mol. The Labute approximate surface area is 99.7 Å². The highest BCUT2D eigenvalue weighted by molar-refractivity contribution is 5.88. The summed E-state index contributed by atoms with van der Waals surface area (Å²) < 4.78 is 10.2. The number of hydrogen-bond donors (Lipinski definition) is 0. The first kappa shape index (κ1) is 11.7. The topological polar surface area (TPSA) is 55.8 Å². The van der Waals surface area contributed by atoms with Gasteiger partial charge >= 0.3 is 12.1 Å². The summed E-state index contributed by atoms with van der Waals surface area (Å²) in [5.41, 5.74) is 0.313. The minimum atomic E-state index is -0.530. The van der Waals surface area contributed by atoms with Crippen LogP contribution in [0, 0.1) is 0 Å². The van der Waals surface area contributed by atoms with E-state index >= 15 is 0 Å². The Morgan fingerprint density at radius 1 is 1.47 bits per heavy atom. The number of fused-ring (bicyclic) bond motifs is 1. The van der Waals surface area contributed by atoms with E-state index in [1.807, 2.05) is 20.8 Å². The van der Waals surface area contributed by atoms with Crippen LogP contribution in [0.2, 0.25) is 0 Å². The largest absolute Gasteiger partial charge is 0.443 e. The third-order valence-corrected chi connectivity index (χ3v) is 2.34. The van der Waals surface area contributed by atoms with Gasteiger partial charge in [-0.15, -0.1) is 0 Å². The Balaban J connectivity index is 2.09. The van der Waals surface area contributed by atoms with Crippen molar-refractivity contribution in [1.29, 1.82) is 0 Å². The highest BCUT2D eigenvalue weighted by Gasteiger charge is 2.29. The Morgan fingerprint density at radius 3 is 2.82 bits per heavy atom. The molecule has 2 aliphatic heterocycles. The molecule has 0 fully saturated rings. The van der Waals surface area contributed by atoms with Gasteiger partial charge in [0.15, 0.2) is 5.76 Å². The molecule has 0 saturated heterocycles. The zero-order valence-electron chi connectivity index (χ0n) is 10.1. The molecule has 0 N–H and O–H groups in total. The average Bonchev–Trinajstić information content (AvgIpc) is 2.53. The van der Waals surface area contributed by atoms with Crippen LogP contribution in [0.3, 0.4) is 0 Å². The summed E-state index contributed by atoms with van der Waals surface area (Å²) in [6, 6.07) is 0. The second-order valence-electron chi connectivity index (χ2n) is 5.01. The van der Waals surface area contributed by atoms with Crippen molar-refractivity contribution >= 4 is 12.1 Å². The highest BCUT2D eigenvalue weighted by Crippen LogP contribution is 2.28. The fraction of sp³-hybridized carbons (Fsp3) is 0.500. The zero-order valence-corrected chi connectivity index (χ0v) is 10.1. The number of esters is 1. The van der Waals surface area contributed by atoms with Crippen molar-refractivity contribution < 1.29 is 19.1 Å². The van der Waals surface area contributed by atoms with Crippen molar-refractivity contribution in [3.63, 3.8) is 0 Å². The number of amides is 1. The summed E-state index contributed by atoms with van der Waals surface area (Å²) in [6.07, 6.45) is 3.16. The van der Waals surface area contributed by atoms with Gasteiger partial charge in [0.25, 0.3) is 0 Å². The molecule has 0 aromatic heterocycles. The van der Waals surface area contributed by atoms with Crippen LogP contribution in [0.4, 0.5) is 4.79 Å². The molecule has 92 valence electrons. The molecule has 2 aliphatic rings. The molecule has 0 bridgehead atoms. The Hall–Kier alpha value is -1.78. The van der Waals surface area contributed by atoms with Crippen LogP contribution >= 0.6 is 0 Å². The molecule has 0 spiro atoms. The molecule has 0 aromatic rings. The molecule has 17 heavy (non-hydrogen) atoms. The lowest BCUT2D eigenvalue weighted by Gasteiger charge is -2.27. The highest BCUT2D eigenvalue weighted by atomic mass is 16.6. The Bertz CT molecular complexity index is 428. The molecular formula is C12H15NO4. The van der Waals surface area contributed by atoms with Gasteiger partial charge < -0.3 is 9.47 Å². The Kier molecular flexibility index (Phi) is 2.69. The summed E-state index contributed by atoms with van der Waals surface area (Å²) in [7, 11) is 0. The molecule has 5 heteroatoms. The minimum Gasteiger partial charge on any atom is -0.443 e. The lowest BCUT2D eigenvalue weighted by Crippen LogP contribution is -2.36. The maximum atomic E-state index is 11.8. The van der Waals surface area contributed by atoms with Gasteiger partial charge in [0.2, 0.25) is 0 Å². The molecule has 1 amide bonds. The van der Waals surface area contributed by atoms with Crippen LogP contribution in [0.25, 0.3) is 0 Å². The number of allylic oxidation sites excluding steroid dienone is 1. The van der Waals surface area contributed by atoms with Crippen molar-refractivity contribution in [2.75, 3.05) is 6.54 Å². The van der Waals surface area contributed by atoms with Gasteiger partial charge in [-0.25, -0.2) is 9.59 Å². The van der Waals surface area contributed by atoms with Gasteiger partial charge in [0.1, 0.15) is 5.60 Å². The maximum Gasteiger partial charge on any atom is 0.414 e. The van der Waals surface area contributed by atoms with Crippen molar-refractivity contribution in [3.05, 3.63) is 23.6 Å². The quantitative estimate of drug-likeness (QED) is 0.604. The summed E-state index contributed by atoms with van der Waals surface area (Å²) in [5.74, 6) is 0.0735. The van der Waals surface area contributed by atoms with E-state index in [9.17, 15) is 9.59 Å². The van der Waals surface area contributed by atoms with E-state index in [0.717, 1.165) is 5.57 Å². The first-order chi connectivity index (χ1) is 7.85. The predicted molar refractivity (Wildman–Crippen MR) is 59.8 cm³/mol. The Morgan fingerprint density at radius 2 is 2.18 bits per heavy atom. The molecule has 0 atom stereocenters.